The standard InChI is InChI=1S/C19H25NO3S/c1-18(2,3)8-7-14-11-15(16(24-14)17(21)22-4)20-13-5-9-19(10-6-13)12-23-19/h11,13,20H,5-6,9-10,12H2,1-4H3/t13-,19+. The van der Waals surface area contributed by atoms with Gasteiger partial charge in [-0.1, -0.05) is 11.8 Å². The highest BCUT2D eigenvalue weighted by atomic mass is 32.1. The Morgan fingerprint density at radius 1 is 1.42 bits per heavy atom. The minimum atomic E-state index is -0.302. The van der Waals surface area contributed by atoms with Crippen LogP contribution in [0.5, 0.6) is 0 Å². The molecule has 0 radical (unpaired) electrons. The Kier molecular flexibility index (Phi) is 4.63. The van der Waals surface area contributed by atoms with Gasteiger partial charge in [-0.05, 0) is 52.5 Å². The van der Waals surface area contributed by atoms with Crippen molar-refractivity contribution in [1.82, 2.24) is 0 Å². The van der Waals surface area contributed by atoms with Gasteiger partial charge in [-0.2, -0.15) is 0 Å². The van der Waals surface area contributed by atoms with Gasteiger partial charge in [-0.3, -0.25) is 0 Å². The SMILES string of the molecule is COC(=O)c1sc(C#CC(C)(C)C)cc1N[C@H]1CC[C@@]2(CC1)CO2. The van der Waals surface area contributed by atoms with Crippen LogP contribution in [0.15, 0.2) is 6.07 Å². The summed E-state index contributed by atoms with van der Waals surface area (Å²) < 4.78 is 10.5. The van der Waals surface area contributed by atoms with Gasteiger partial charge in [-0.25, -0.2) is 4.79 Å². The van der Waals surface area contributed by atoms with Gasteiger partial charge >= 0.3 is 5.97 Å². The Morgan fingerprint density at radius 3 is 2.62 bits per heavy atom. The molecule has 2 heterocycles. The Bertz CT molecular complexity index is 676. The quantitative estimate of drug-likeness (QED) is 0.509. The molecule has 0 atom stereocenters. The molecule has 24 heavy (non-hydrogen) atoms. The molecule has 1 aliphatic carbocycles. The number of carbonyl (C=O) groups is 1. The lowest BCUT2D eigenvalue weighted by molar-refractivity contribution is 0.0607. The average molecular weight is 347 g/mol. The fourth-order valence-electron chi connectivity index (χ4n) is 2.95. The van der Waals surface area contributed by atoms with Crippen LogP contribution >= 0.6 is 11.3 Å². The lowest BCUT2D eigenvalue weighted by Crippen LogP contribution is -2.30. The van der Waals surface area contributed by atoms with Crippen LogP contribution < -0.4 is 5.32 Å². The van der Waals surface area contributed by atoms with E-state index in [1.54, 1.807) is 0 Å². The van der Waals surface area contributed by atoms with Crippen LogP contribution in [-0.4, -0.2) is 31.3 Å². The normalized spacial score (nSPS) is 25.8. The van der Waals surface area contributed by atoms with Gasteiger partial charge in [0, 0.05) is 11.5 Å². The minimum absolute atomic E-state index is 0.0645. The molecule has 5 heteroatoms. The van der Waals surface area contributed by atoms with Crippen molar-refractivity contribution in [2.45, 2.75) is 58.1 Å². The smallest absolute Gasteiger partial charge is 0.350 e. The third-order valence-corrected chi connectivity index (χ3v) is 5.50. The molecule has 1 saturated heterocycles. The fourth-order valence-corrected chi connectivity index (χ4v) is 3.85. The first-order valence-corrected chi connectivity index (χ1v) is 9.28. The summed E-state index contributed by atoms with van der Waals surface area (Å²) in [6.45, 7) is 7.14. The zero-order chi connectivity index (χ0) is 17.4. The zero-order valence-corrected chi connectivity index (χ0v) is 15.6. The van der Waals surface area contributed by atoms with Crippen LogP contribution in [0.3, 0.4) is 0 Å². The van der Waals surface area contributed by atoms with E-state index in [4.69, 9.17) is 9.47 Å². The highest BCUT2D eigenvalue weighted by Gasteiger charge is 2.46. The van der Waals surface area contributed by atoms with Crippen molar-refractivity contribution < 1.29 is 14.3 Å². The van der Waals surface area contributed by atoms with E-state index in [9.17, 15) is 4.79 Å². The molecule has 1 spiro atoms. The molecule has 2 fully saturated rings. The number of epoxide rings is 1. The van der Waals surface area contributed by atoms with Crippen LogP contribution in [0, 0.1) is 17.3 Å². The zero-order valence-electron chi connectivity index (χ0n) is 14.8. The molecule has 0 unspecified atom stereocenters. The van der Waals surface area contributed by atoms with Crippen LogP contribution in [0.1, 0.15) is 61.0 Å². The van der Waals surface area contributed by atoms with Gasteiger partial charge in [0.15, 0.2) is 0 Å². The number of rotatable bonds is 3. The first kappa shape index (κ1) is 17.3. The van der Waals surface area contributed by atoms with Crippen LogP contribution in [0.2, 0.25) is 0 Å². The number of hydrogen-bond donors (Lipinski definition) is 1. The van der Waals surface area contributed by atoms with E-state index < -0.39 is 0 Å². The number of carbonyl (C=O) groups excluding carboxylic acids is 1. The van der Waals surface area contributed by atoms with E-state index in [2.05, 4.69) is 37.9 Å². The van der Waals surface area contributed by atoms with Crippen molar-refractivity contribution in [3.63, 3.8) is 0 Å². The monoisotopic (exact) mass is 347 g/mol. The second-order valence-corrected chi connectivity index (χ2v) is 8.79. The molecule has 3 rings (SSSR count). The first-order chi connectivity index (χ1) is 11.3. The molecular weight excluding hydrogens is 322 g/mol. The van der Waals surface area contributed by atoms with Crippen molar-refractivity contribution in [2.24, 2.45) is 5.41 Å². The van der Waals surface area contributed by atoms with Crippen molar-refractivity contribution in [1.29, 1.82) is 0 Å². The highest BCUT2D eigenvalue weighted by Crippen LogP contribution is 2.42. The molecule has 1 saturated carbocycles. The summed E-state index contributed by atoms with van der Waals surface area (Å²) >= 11 is 1.40. The summed E-state index contributed by atoms with van der Waals surface area (Å²) in [7, 11) is 1.42. The lowest BCUT2D eigenvalue weighted by Gasteiger charge is -2.27. The number of nitrogens with one attached hydrogen (secondary N) is 1. The Balaban J connectivity index is 1.75. The number of hydrogen-bond acceptors (Lipinski definition) is 5. The van der Waals surface area contributed by atoms with Crippen molar-refractivity contribution in [3.05, 3.63) is 15.8 Å². The molecule has 1 aromatic heterocycles. The molecule has 0 amide bonds. The van der Waals surface area contributed by atoms with E-state index in [1.807, 2.05) is 6.07 Å². The van der Waals surface area contributed by atoms with Crippen LogP contribution in [-0.2, 0) is 9.47 Å². The molecule has 4 nitrogen and oxygen atoms in total. The second kappa shape index (κ2) is 6.42. The van der Waals surface area contributed by atoms with E-state index in [1.165, 1.54) is 18.4 Å². The van der Waals surface area contributed by atoms with Gasteiger partial charge in [0.2, 0.25) is 0 Å². The average Bonchev–Trinajstić information content (AvgIpc) is 3.17. The first-order valence-electron chi connectivity index (χ1n) is 8.46. The van der Waals surface area contributed by atoms with Gasteiger partial charge in [-0.15, -0.1) is 11.3 Å². The Labute approximate surface area is 147 Å². The summed E-state index contributed by atoms with van der Waals surface area (Å²) in [4.78, 5) is 13.6. The van der Waals surface area contributed by atoms with Crippen LogP contribution in [0.4, 0.5) is 5.69 Å². The van der Waals surface area contributed by atoms with Crippen molar-refractivity contribution >= 4 is 23.0 Å². The summed E-state index contributed by atoms with van der Waals surface area (Å²) in [6, 6.07) is 2.36. The van der Waals surface area contributed by atoms with Crippen LogP contribution in [0.25, 0.3) is 0 Å². The summed E-state index contributed by atoms with van der Waals surface area (Å²) in [5.74, 6) is 6.11. The van der Waals surface area contributed by atoms with Crippen molar-refractivity contribution in [2.75, 3.05) is 19.0 Å². The largest absolute Gasteiger partial charge is 0.465 e. The molecule has 0 aromatic carbocycles. The van der Waals surface area contributed by atoms with E-state index in [-0.39, 0.29) is 17.0 Å². The number of methoxy groups -OCH3 is 1. The fraction of sp³-hybridized carbons (Fsp3) is 0.632. The van der Waals surface area contributed by atoms with E-state index >= 15 is 0 Å². The Hall–Kier alpha value is -1.51. The van der Waals surface area contributed by atoms with E-state index in [0.29, 0.717) is 10.9 Å². The predicted octanol–water partition coefficient (Wildman–Crippen LogP) is 4.06. The molecule has 0 bridgehead atoms. The Morgan fingerprint density at radius 2 is 2.08 bits per heavy atom. The summed E-state index contributed by atoms with van der Waals surface area (Å²) in [5, 5.41) is 3.53. The lowest BCUT2D eigenvalue weighted by atomic mass is 9.86. The third kappa shape index (κ3) is 4.12. The second-order valence-electron chi connectivity index (χ2n) is 7.74. The molecule has 130 valence electrons. The molecule has 1 aliphatic heterocycles. The van der Waals surface area contributed by atoms with Gasteiger partial charge in [0.05, 0.1) is 29.9 Å². The number of esters is 1. The molecule has 1 aromatic rings. The molecule has 1 N–H and O–H groups in total. The number of thiophene rings is 1. The predicted molar refractivity (Wildman–Crippen MR) is 96.6 cm³/mol. The number of ether oxygens (including phenoxy) is 2. The van der Waals surface area contributed by atoms with Gasteiger partial charge in [0.25, 0.3) is 0 Å². The maximum Gasteiger partial charge on any atom is 0.350 e. The maximum atomic E-state index is 12.1. The third-order valence-electron chi connectivity index (χ3n) is 4.47. The van der Waals surface area contributed by atoms with E-state index in [0.717, 1.165) is 42.9 Å². The highest BCUT2D eigenvalue weighted by molar-refractivity contribution is 7.15. The van der Waals surface area contributed by atoms with Gasteiger partial charge in [0.1, 0.15) is 4.88 Å². The molecular formula is C19H25NO3S. The summed E-state index contributed by atoms with van der Waals surface area (Å²) in [5.41, 5.74) is 0.967. The number of anilines is 1. The van der Waals surface area contributed by atoms with Crippen molar-refractivity contribution in [3.8, 4) is 11.8 Å². The topological polar surface area (TPSA) is 50.9 Å². The maximum absolute atomic E-state index is 12.1. The summed E-state index contributed by atoms with van der Waals surface area (Å²) in [6.07, 6.45) is 4.33. The van der Waals surface area contributed by atoms with Gasteiger partial charge < -0.3 is 14.8 Å². The molecule has 2 aliphatic rings. The minimum Gasteiger partial charge on any atom is -0.465 e.